The average molecular weight is 366 g/mol. The highest BCUT2D eigenvalue weighted by Gasteiger charge is 2.12. The smallest absolute Gasteiger partial charge is 0.251 e. The first kappa shape index (κ1) is 18.9. The Hall–Kier alpha value is -2.45. The summed E-state index contributed by atoms with van der Waals surface area (Å²) in [6.07, 6.45) is 0. The second-order valence-electron chi connectivity index (χ2n) is 5.25. The quantitative estimate of drug-likeness (QED) is 0.745. The van der Waals surface area contributed by atoms with Crippen molar-refractivity contribution < 1.29 is 22.3 Å². The second kappa shape index (κ2) is 8.59. The van der Waals surface area contributed by atoms with Gasteiger partial charge in [-0.05, 0) is 35.9 Å². The summed E-state index contributed by atoms with van der Waals surface area (Å²) in [4.78, 5) is 12.0. The molecule has 2 rings (SSSR count). The number of carbonyl (C=O) groups is 1. The first-order valence-electron chi connectivity index (χ1n) is 7.54. The summed E-state index contributed by atoms with van der Waals surface area (Å²) < 4.78 is 44.1. The molecule has 0 spiro atoms. The first-order chi connectivity index (χ1) is 11.9. The fourth-order valence-corrected chi connectivity index (χ4v) is 2.93. The maximum atomic E-state index is 12.8. The van der Waals surface area contributed by atoms with E-state index < -0.39 is 10.0 Å². The highest BCUT2D eigenvalue weighted by Crippen LogP contribution is 2.12. The van der Waals surface area contributed by atoms with Crippen LogP contribution in [0.1, 0.15) is 15.9 Å². The Kier molecular flexibility index (Phi) is 6.49. The Labute approximate surface area is 146 Å². The third kappa shape index (κ3) is 6.17. The van der Waals surface area contributed by atoms with Gasteiger partial charge in [0.15, 0.2) is 0 Å². The lowest BCUT2D eigenvalue weighted by Gasteiger charge is -2.09. The van der Waals surface area contributed by atoms with Gasteiger partial charge < -0.3 is 10.1 Å². The molecule has 6 nitrogen and oxygen atoms in total. The second-order valence-corrected chi connectivity index (χ2v) is 7.18. The van der Waals surface area contributed by atoms with Crippen molar-refractivity contribution in [2.75, 3.05) is 19.4 Å². The number of nitrogens with one attached hydrogen (secondary N) is 2. The van der Waals surface area contributed by atoms with E-state index in [0.717, 1.165) is 0 Å². The van der Waals surface area contributed by atoms with Crippen molar-refractivity contribution in [1.29, 1.82) is 0 Å². The van der Waals surface area contributed by atoms with Gasteiger partial charge >= 0.3 is 0 Å². The monoisotopic (exact) mass is 366 g/mol. The highest BCUT2D eigenvalue weighted by molar-refractivity contribution is 7.89. The molecule has 0 aliphatic heterocycles. The number of hydrogen-bond acceptors (Lipinski definition) is 4. The number of amides is 1. The van der Waals surface area contributed by atoms with Gasteiger partial charge in [-0.2, -0.15) is 0 Å². The third-order valence-corrected chi connectivity index (χ3v) is 4.72. The molecule has 0 atom stereocenters. The van der Waals surface area contributed by atoms with Crippen molar-refractivity contribution in [2.45, 2.75) is 6.54 Å². The number of rotatable bonds is 8. The molecule has 0 aromatic heterocycles. The van der Waals surface area contributed by atoms with Gasteiger partial charge in [-0.1, -0.05) is 18.2 Å². The fraction of sp³-hybridized carbons (Fsp3) is 0.235. The molecule has 0 heterocycles. The van der Waals surface area contributed by atoms with E-state index in [4.69, 9.17) is 4.74 Å². The van der Waals surface area contributed by atoms with E-state index in [-0.39, 0.29) is 30.6 Å². The maximum Gasteiger partial charge on any atom is 0.251 e. The zero-order valence-corrected chi connectivity index (χ0v) is 14.5. The maximum absolute atomic E-state index is 12.8. The van der Waals surface area contributed by atoms with Crippen LogP contribution in [0, 0.1) is 5.82 Å². The molecule has 8 heteroatoms. The Morgan fingerprint density at radius 2 is 1.88 bits per heavy atom. The Bertz CT molecular complexity index is 823. The minimum Gasteiger partial charge on any atom is -0.497 e. The van der Waals surface area contributed by atoms with Gasteiger partial charge in [0.25, 0.3) is 5.91 Å². The van der Waals surface area contributed by atoms with Crippen LogP contribution in [0.4, 0.5) is 4.39 Å². The molecule has 2 aromatic rings. The normalized spacial score (nSPS) is 11.1. The van der Waals surface area contributed by atoms with Gasteiger partial charge in [-0.3, -0.25) is 4.79 Å². The van der Waals surface area contributed by atoms with Crippen molar-refractivity contribution in [3.8, 4) is 5.75 Å². The summed E-state index contributed by atoms with van der Waals surface area (Å²) in [5.74, 6) is -0.482. The number of halogens is 1. The van der Waals surface area contributed by atoms with Gasteiger partial charge in [0.1, 0.15) is 11.6 Å². The van der Waals surface area contributed by atoms with Gasteiger partial charge in [-0.15, -0.1) is 0 Å². The van der Waals surface area contributed by atoms with Crippen LogP contribution >= 0.6 is 0 Å². The van der Waals surface area contributed by atoms with E-state index in [9.17, 15) is 17.6 Å². The number of methoxy groups -OCH3 is 1. The largest absolute Gasteiger partial charge is 0.497 e. The van der Waals surface area contributed by atoms with Gasteiger partial charge in [0, 0.05) is 18.7 Å². The van der Waals surface area contributed by atoms with Crippen molar-refractivity contribution in [2.24, 2.45) is 0 Å². The average Bonchev–Trinajstić information content (AvgIpc) is 2.61. The topological polar surface area (TPSA) is 84.5 Å². The summed E-state index contributed by atoms with van der Waals surface area (Å²) in [5.41, 5.74) is 1.03. The zero-order chi connectivity index (χ0) is 18.3. The highest BCUT2D eigenvalue weighted by atomic mass is 32.2. The van der Waals surface area contributed by atoms with E-state index in [1.54, 1.807) is 24.3 Å². The lowest BCUT2D eigenvalue weighted by molar-refractivity contribution is 0.0955. The van der Waals surface area contributed by atoms with Gasteiger partial charge in [0.05, 0.1) is 12.9 Å². The standard InChI is InChI=1S/C17H19FN2O4S/c1-24-16-4-2-3-14(11-16)17(21)19-9-10-25(22,23)20-12-13-5-7-15(18)8-6-13/h2-8,11,20H,9-10,12H2,1H3,(H,19,21). The molecule has 0 fully saturated rings. The zero-order valence-electron chi connectivity index (χ0n) is 13.7. The lowest BCUT2D eigenvalue weighted by atomic mass is 10.2. The van der Waals surface area contributed by atoms with E-state index >= 15 is 0 Å². The predicted molar refractivity (Wildman–Crippen MR) is 92.4 cm³/mol. The molecule has 25 heavy (non-hydrogen) atoms. The number of benzene rings is 2. The summed E-state index contributed by atoms with van der Waals surface area (Å²) in [5, 5.41) is 2.55. The van der Waals surface area contributed by atoms with Crippen LogP contribution in [0.2, 0.25) is 0 Å². The Morgan fingerprint density at radius 1 is 1.16 bits per heavy atom. The molecule has 0 bridgehead atoms. The van der Waals surface area contributed by atoms with Gasteiger partial charge in [-0.25, -0.2) is 17.5 Å². The molecule has 0 radical (unpaired) electrons. The van der Waals surface area contributed by atoms with Crippen molar-refractivity contribution in [1.82, 2.24) is 10.0 Å². The van der Waals surface area contributed by atoms with E-state index in [1.807, 2.05) is 0 Å². The molecule has 134 valence electrons. The van der Waals surface area contributed by atoms with Crippen LogP contribution in [-0.2, 0) is 16.6 Å². The van der Waals surface area contributed by atoms with Crippen LogP contribution in [-0.4, -0.2) is 33.7 Å². The summed E-state index contributed by atoms with van der Waals surface area (Å²) >= 11 is 0. The molecule has 0 saturated carbocycles. The van der Waals surface area contributed by atoms with Crippen LogP contribution in [0.5, 0.6) is 5.75 Å². The molecule has 0 aliphatic rings. The molecule has 0 unspecified atom stereocenters. The van der Waals surface area contributed by atoms with Crippen molar-refractivity contribution >= 4 is 15.9 Å². The summed E-state index contributed by atoms with van der Waals surface area (Å²) in [7, 11) is -2.07. The van der Waals surface area contributed by atoms with Crippen LogP contribution in [0.3, 0.4) is 0 Å². The SMILES string of the molecule is COc1cccc(C(=O)NCCS(=O)(=O)NCc2ccc(F)cc2)c1. The van der Waals surface area contributed by atoms with E-state index in [0.29, 0.717) is 16.9 Å². The first-order valence-corrected chi connectivity index (χ1v) is 9.19. The van der Waals surface area contributed by atoms with E-state index in [1.165, 1.54) is 31.4 Å². The predicted octanol–water partition coefficient (Wildman–Crippen LogP) is 1.68. The minimum absolute atomic E-state index is 0.0329. The molecule has 0 saturated heterocycles. The number of sulfonamides is 1. The fourth-order valence-electron chi connectivity index (χ4n) is 2.03. The summed E-state index contributed by atoms with van der Waals surface area (Å²) in [6, 6.07) is 12.1. The molecule has 2 aromatic carbocycles. The number of ether oxygens (including phenoxy) is 1. The molecule has 0 aliphatic carbocycles. The van der Waals surface area contributed by atoms with Crippen molar-refractivity contribution in [3.05, 3.63) is 65.5 Å². The minimum atomic E-state index is -3.56. The molecular formula is C17H19FN2O4S. The van der Waals surface area contributed by atoms with Crippen LogP contribution in [0.25, 0.3) is 0 Å². The lowest BCUT2D eigenvalue weighted by Crippen LogP contribution is -2.34. The third-order valence-electron chi connectivity index (χ3n) is 3.40. The number of carbonyl (C=O) groups excluding carboxylic acids is 1. The van der Waals surface area contributed by atoms with Crippen molar-refractivity contribution in [3.63, 3.8) is 0 Å². The summed E-state index contributed by atoms with van der Waals surface area (Å²) in [6.45, 7) is 0.0290. The van der Waals surface area contributed by atoms with Gasteiger partial charge in [0.2, 0.25) is 10.0 Å². The molecule has 2 N–H and O–H groups in total. The van der Waals surface area contributed by atoms with Crippen LogP contribution in [0.15, 0.2) is 48.5 Å². The molecule has 1 amide bonds. The Balaban J connectivity index is 1.81. The Morgan fingerprint density at radius 3 is 2.56 bits per heavy atom. The molecular weight excluding hydrogens is 347 g/mol. The number of hydrogen-bond donors (Lipinski definition) is 2. The van der Waals surface area contributed by atoms with E-state index in [2.05, 4.69) is 10.0 Å². The van der Waals surface area contributed by atoms with Crippen LogP contribution < -0.4 is 14.8 Å².